The van der Waals surface area contributed by atoms with E-state index in [1.165, 1.54) is 7.11 Å². The van der Waals surface area contributed by atoms with Crippen LogP contribution in [0.4, 0.5) is 0 Å². The van der Waals surface area contributed by atoms with Gasteiger partial charge in [-0.1, -0.05) is 20.3 Å². The van der Waals surface area contributed by atoms with Crippen molar-refractivity contribution in [3.05, 3.63) is 0 Å². The third-order valence-electron chi connectivity index (χ3n) is 4.03. The van der Waals surface area contributed by atoms with Crippen LogP contribution >= 0.6 is 0 Å². The number of likely N-dealkylation sites (N-methyl/N-ethyl adjacent to an activating group) is 1. The standard InChI is InChI=1S/C13H26N2O2/c1-12(2)7-6-8-13(12,11(16)17-5)14-9-10-15(3)4/h14H,6-10H2,1-5H3. The number of hydrogen-bond donors (Lipinski definition) is 1. The second kappa shape index (κ2) is 5.36. The van der Waals surface area contributed by atoms with Gasteiger partial charge in [0.2, 0.25) is 0 Å². The normalized spacial score (nSPS) is 27.4. The van der Waals surface area contributed by atoms with Gasteiger partial charge in [0, 0.05) is 13.1 Å². The highest BCUT2D eigenvalue weighted by molar-refractivity contribution is 5.82. The second-order valence-corrected chi connectivity index (χ2v) is 5.86. The molecule has 4 nitrogen and oxygen atoms in total. The zero-order valence-corrected chi connectivity index (χ0v) is 11.8. The van der Waals surface area contributed by atoms with E-state index in [0.717, 1.165) is 32.4 Å². The van der Waals surface area contributed by atoms with Gasteiger partial charge in [0.15, 0.2) is 0 Å². The van der Waals surface area contributed by atoms with Gasteiger partial charge in [0.05, 0.1) is 7.11 Å². The molecule has 0 amide bonds. The topological polar surface area (TPSA) is 41.6 Å². The van der Waals surface area contributed by atoms with E-state index in [1.54, 1.807) is 0 Å². The molecule has 0 saturated heterocycles. The monoisotopic (exact) mass is 242 g/mol. The highest BCUT2D eigenvalue weighted by Gasteiger charge is 2.54. The molecule has 100 valence electrons. The number of rotatable bonds is 5. The van der Waals surface area contributed by atoms with Crippen LogP contribution in [0.15, 0.2) is 0 Å². The Balaban J connectivity index is 2.77. The summed E-state index contributed by atoms with van der Waals surface area (Å²) < 4.78 is 5.02. The number of esters is 1. The minimum atomic E-state index is -0.502. The fourth-order valence-electron chi connectivity index (χ4n) is 2.79. The van der Waals surface area contributed by atoms with Crippen LogP contribution in [0.25, 0.3) is 0 Å². The van der Waals surface area contributed by atoms with E-state index < -0.39 is 5.54 Å². The summed E-state index contributed by atoms with van der Waals surface area (Å²) in [7, 11) is 5.55. The van der Waals surface area contributed by atoms with E-state index in [4.69, 9.17) is 4.74 Å². The number of ether oxygens (including phenoxy) is 1. The molecule has 4 heteroatoms. The van der Waals surface area contributed by atoms with Gasteiger partial charge in [-0.3, -0.25) is 4.79 Å². The summed E-state index contributed by atoms with van der Waals surface area (Å²) >= 11 is 0. The average molecular weight is 242 g/mol. The summed E-state index contributed by atoms with van der Waals surface area (Å²) in [5.41, 5.74) is -0.538. The Labute approximate surface area is 105 Å². The predicted octanol–water partition coefficient (Wildman–Crippen LogP) is 1.26. The fourth-order valence-corrected chi connectivity index (χ4v) is 2.79. The molecule has 1 aliphatic rings. The van der Waals surface area contributed by atoms with Gasteiger partial charge in [0.25, 0.3) is 0 Å². The minimum Gasteiger partial charge on any atom is -0.468 e. The summed E-state index contributed by atoms with van der Waals surface area (Å²) in [4.78, 5) is 14.2. The molecule has 0 aromatic heterocycles. The van der Waals surface area contributed by atoms with Gasteiger partial charge in [-0.25, -0.2) is 0 Å². The first kappa shape index (κ1) is 14.5. The van der Waals surface area contributed by atoms with Gasteiger partial charge in [-0.15, -0.1) is 0 Å². The van der Waals surface area contributed by atoms with Crippen LogP contribution < -0.4 is 5.32 Å². The lowest BCUT2D eigenvalue weighted by atomic mass is 9.74. The summed E-state index contributed by atoms with van der Waals surface area (Å²) in [5, 5.41) is 3.45. The minimum absolute atomic E-state index is 0.0353. The fraction of sp³-hybridized carbons (Fsp3) is 0.923. The van der Waals surface area contributed by atoms with Crippen molar-refractivity contribution >= 4 is 5.97 Å². The molecule has 1 aliphatic carbocycles. The van der Waals surface area contributed by atoms with E-state index >= 15 is 0 Å². The summed E-state index contributed by atoms with van der Waals surface area (Å²) in [6.07, 6.45) is 3.02. The molecule has 0 radical (unpaired) electrons. The van der Waals surface area contributed by atoms with Crippen molar-refractivity contribution in [3.63, 3.8) is 0 Å². The Morgan fingerprint density at radius 1 is 1.35 bits per heavy atom. The van der Waals surface area contributed by atoms with Crippen LogP contribution in [0.2, 0.25) is 0 Å². The maximum absolute atomic E-state index is 12.1. The molecular weight excluding hydrogens is 216 g/mol. The molecule has 1 N–H and O–H groups in total. The van der Waals surface area contributed by atoms with Crippen molar-refractivity contribution < 1.29 is 9.53 Å². The summed E-state index contributed by atoms with van der Waals surface area (Å²) in [5.74, 6) is -0.112. The first-order valence-corrected chi connectivity index (χ1v) is 6.34. The molecule has 1 rings (SSSR count). The molecule has 1 saturated carbocycles. The lowest BCUT2D eigenvalue weighted by molar-refractivity contribution is -0.153. The van der Waals surface area contributed by atoms with Gasteiger partial charge in [-0.05, 0) is 32.4 Å². The van der Waals surface area contributed by atoms with Crippen molar-refractivity contribution in [2.24, 2.45) is 5.41 Å². The molecular formula is C13H26N2O2. The maximum atomic E-state index is 12.1. The highest BCUT2D eigenvalue weighted by Crippen LogP contribution is 2.46. The first-order chi connectivity index (χ1) is 7.85. The smallest absolute Gasteiger partial charge is 0.326 e. The Hall–Kier alpha value is -0.610. The van der Waals surface area contributed by atoms with Crippen molar-refractivity contribution in [2.45, 2.75) is 38.6 Å². The quantitative estimate of drug-likeness (QED) is 0.737. The van der Waals surface area contributed by atoms with Gasteiger partial charge < -0.3 is 15.0 Å². The van der Waals surface area contributed by atoms with Crippen molar-refractivity contribution in [1.29, 1.82) is 0 Å². The summed E-state index contributed by atoms with van der Waals surface area (Å²) in [6.45, 7) is 6.04. The van der Waals surface area contributed by atoms with E-state index in [1.807, 2.05) is 14.1 Å². The second-order valence-electron chi connectivity index (χ2n) is 5.86. The van der Waals surface area contributed by atoms with E-state index in [-0.39, 0.29) is 11.4 Å². The van der Waals surface area contributed by atoms with Crippen LogP contribution in [-0.2, 0) is 9.53 Å². The van der Waals surface area contributed by atoms with Crippen molar-refractivity contribution in [3.8, 4) is 0 Å². The molecule has 0 bridgehead atoms. The lowest BCUT2D eigenvalue weighted by Gasteiger charge is -2.40. The Kier molecular flexibility index (Phi) is 4.55. The van der Waals surface area contributed by atoms with Crippen molar-refractivity contribution in [2.75, 3.05) is 34.3 Å². The molecule has 1 atom stereocenters. The number of hydrogen-bond acceptors (Lipinski definition) is 4. The van der Waals surface area contributed by atoms with Gasteiger partial charge >= 0.3 is 5.97 Å². The van der Waals surface area contributed by atoms with E-state index in [9.17, 15) is 4.79 Å². The number of methoxy groups -OCH3 is 1. The molecule has 0 heterocycles. The summed E-state index contributed by atoms with van der Waals surface area (Å²) in [6, 6.07) is 0. The Bertz CT molecular complexity index is 277. The van der Waals surface area contributed by atoms with Crippen LogP contribution in [0.3, 0.4) is 0 Å². The molecule has 1 fully saturated rings. The SMILES string of the molecule is COC(=O)C1(NCCN(C)C)CCCC1(C)C. The zero-order chi connectivity index (χ0) is 13.1. The number of nitrogens with zero attached hydrogens (tertiary/aromatic N) is 1. The average Bonchev–Trinajstić information content (AvgIpc) is 2.53. The molecule has 0 aromatic carbocycles. The van der Waals surface area contributed by atoms with E-state index in [0.29, 0.717) is 0 Å². The van der Waals surface area contributed by atoms with Crippen LogP contribution in [0, 0.1) is 5.41 Å². The highest BCUT2D eigenvalue weighted by atomic mass is 16.5. The third kappa shape index (κ3) is 2.80. The number of carbonyl (C=O) groups excluding carboxylic acids is 1. The lowest BCUT2D eigenvalue weighted by Crippen LogP contribution is -2.60. The molecule has 0 aromatic rings. The first-order valence-electron chi connectivity index (χ1n) is 6.34. The Morgan fingerprint density at radius 2 is 2.00 bits per heavy atom. The number of carbonyl (C=O) groups is 1. The largest absolute Gasteiger partial charge is 0.468 e. The zero-order valence-electron chi connectivity index (χ0n) is 11.8. The van der Waals surface area contributed by atoms with E-state index in [2.05, 4.69) is 24.1 Å². The Morgan fingerprint density at radius 3 is 2.41 bits per heavy atom. The van der Waals surface area contributed by atoms with Gasteiger partial charge in [-0.2, -0.15) is 0 Å². The maximum Gasteiger partial charge on any atom is 0.326 e. The molecule has 17 heavy (non-hydrogen) atoms. The number of nitrogens with one attached hydrogen (secondary N) is 1. The molecule has 0 aliphatic heterocycles. The molecule has 1 unspecified atom stereocenters. The van der Waals surface area contributed by atoms with Crippen LogP contribution in [-0.4, -0.2) is 50.7 Å². The third-order valence-corrected chi connectivity index (χ3v) is 4.03. The predicted molar refractivity (Wildman–Crippen MR) is 68.9 cm³/mol. The molecule has 0 spiro atoms. The van der Waals surface area contributed by atoms with Crippen LogP contribution in [0.5, 0.6) is 0 Å². The van der Waals surface area contributed by atoms with Crippen molar-refractivity contribution in [1.82, 2.24) is 10.2 Å². The van der Waals surface area contributed by atoms with Crippen LogP contribution in [0.1, 0.15) is 33.1 Å². The van der Waals surface area contributed by atoms with Gasteiger partial charge in [0.1, 0.15) is 5.54 Å².